The molecule has 0 bridgehead atoms. The van der Waals surface area contributed by atoms with Crippen molar-refractivity contribution in [2.75, 3.05) is 5.32 Å². The number of halogens is 3. The lowest BCUT2D eigenvalue weighted by molar-refractivity contribution is 0.101. The van der Waals surface area contributed by atoms with E-state index in [0.29, 0.717) is 17.2 Å². The fourth-order valence-electron chi connectivity index (χ4n) is 2.96. The zero-order valence-electron chi connectivity index (χ0n) is 15.3. The Morgan fingerprint density at radius 3 is 2.69 bits per heavy atom. The highest BCUT2D eigenvalue weighted by Crippen LogP contribution is 2.30. The molecule has 0 saturated heterocycles. The number of benzene rings is 1. The number of allylic oxidation sites excluding steroid dienone is 4. The van der Waals surface area contributed by atoms with E-state index in [-0.39, 0.29) is 12.1 Å². The highest BCUT2D eigenvalue weighted by atomic mass is 19.1. The summed E-state index contributed by atoms with van der Waals surface area (Å²) in [6.07, 6.45) is 8.02. The van der Waals surface area contributed by atoms with E-state index in [1.807, 2.05) is 0 Å². The molecule has 6 nitrogen and oxygen atoms in total. The van der Waals surface area contributed by atoms with Gasteiger partial charge in [-0.25, -0.2) is 18.2 Å². The van der Waals surface area contributed by atoms with E-state index in [1.54, 1.807) is 18.3 Å². The maximum atomic E-state index is 13.9. The molecule has 9 heteroatoms. The number of carbonyl (C=O) groups excluding carboxylic acids is 1. The molecule has 1 aliphatic rings. The summed E-state index contributed by atoms with van der Waals surface area (Å²) in [6.45, 7) is 1.49. The van der Waals surface area contributed by atoms with Gasteiger partial charge in [-0.05, 0) is 30.7 Å². The molecule has 0 radical (unpaired) electrons. The van der Waals surface area contributed by atoms with E-state index in [2.05, 4.69) is 25.5 Å². The minimum absolute atomic E-state index is 0.197. The lowest BCUT2D eigenvalue weighted by Crippen LogP contribution is -2.16. The Labute approximate surface area is 163 Å². The number of hydrogen-bond donors (Lipinski definition) is 3. The van der Waals surface area contributed by atoms with Crippen LogP contribution in [0.5, 0.6) is 0 Å². The van der Waals surface area contributed by atoms with Crippen molar-refractivity contribution in [1.29, 1.82) is 0 Å². The van der Waals surface area contributed by atoms with Crippen molar-refractivity contribution >= 4 is 17.2 Å². The largest absolute Gasteiger partial charge is 0.337 e. The van der Waals surface area contributed by atoms with Crippen molar-refractivity contribution in [1.82, 2.24) is 20.2 Å². The van der Waals surface area contributed by atoms with E-state index in [9.17, 15) is 18.0 Å². The molecule has 0 fully saturated rings. The van der Waals surface area contributed by atoms with Gasteiger partial charge >= 0.3 is 0 Å². The number of nitrogens with one attached hydrogen (secondary N) is 3. The van der Waals surface area contributed by atoms with Crippen LogP contribution in [0, 0.1) is 11.6 Å². The summed E-state index contributed by atoms with van der Waals surface area (Å²) >= 11 is 0. The van der Waals surface area contributed by atoms with Gasteiger partial charge in [-0.15, -0.1) is 0 Å². The molecule has 1 aliphatic carbocycles. The summed E-state index contributed by atoms with van der Waals surface area (Å²) in [4.78, 5) is 19.6. The van der Waals surface area contributed by atoms with Gasteiger partial charge in [0.05, 0.1) is 23.8 Å². The third kappa shape index (κ3) is 3.71. The second-order valence-electron chi connectivity index (χ2n) is 6.83. The number of aromatic nitrogens is 4. The number of amides is 1. The molecule has 0 aliphatic heterocycles. The summed E-state index contributed by atoms with van der Waals surface area (Å²) in [5.41, 5.74) is -0.113. The van der Waals surface area contributed by atoms with Crippen LogP contribution in [0.2, 0.25) is 0 Å². The van der Waals surface area contributed by atoms with Gasteiger partial charge < -0.3 is 10.3 Å². The van der Waals surface area contributed by atoms with E-state index in [1.165, 1.54) is 25.3 Å². The quantitative estimate of drug-likeness (QED) is 0.608. The maximum absolute atomic E-state index is 13.9. The first-order chi connectivity index (χ1) is 13.8. The number of alkyl halides is 1. The van der Waals surface area contributed by atoms with Gasteiger partial charge in [0.2, 0.25) is 0 Å². The van der Waals surface area contributed by atoms with Crippen LogP contribution < -0.4 is 5.32 Å². The lowest BCUT2D eigenvalue weighted by Gasteiger charge is -2.18. The first kappa shape index (κ1) is 18.7. The minimum Gasteiger partial charge on any atom is -0.337 e. The molecule has 1 aromatic carbocycles. The monoisotopic (exact) mass is 399 g/mol. The Kier molecular flexibility index (Phi) is 4.57. The number of rotatable bonds is 4. The van der Waals surface area contributed by atoms with Gasteiger partial charge in [-0.2, -0.15) is 5.10 Å². The molecular formula is C20H16F3N5O. The van der Waals surface area contributed by atoms with Crippen molar-refractivity contribution in [2.45, 2.75) is 19.0 Å². The topological polar surface area (TPSA) is 86.5 Å². The van der Waals surface area contributed by atoms with Crippen LogP contribution in [0.25, 0.3) is 17.1 Å². The first-order valence-corrected chi connectivity index (χ1v) is 8.77. The zero-order valence-corrected chi connectivity index (χ0v) is 15.3. The predicted molar refractivity (Wildman–Crippen MR) is 102 cm³/mol. The lowest BCUT2D eigenvalue weighted by atomic mass is 9.95. The van der Waals surface area contributed by atoms with Gasteiger partial charge in [0, 0.05) is 6.42 Å². The van der Waals surface area contributed by atoms with Gasteiger partial charge in [-0.1, -0.05) is 18.2 Å². The number of carbonyl (C=O) groups is 1. The summed E-state index contributed by atoms with van der Waals surface area (Å²) in [6, 6.07) is 3.18. The molecule has 2 aromatic heterocycles. The first-order valence-electron chi connectivity index (χ1n) is 8.77. The molecule has 1 amide bonds. The third-order valence-corrected chi connectivity index (χ3v) is 4.53. The van der Waals surface area contributed by atoms with Crippen LogP contribution in [-0.4, -0.2) is 31.7 Å². The van der Waals surface area contributed by atoms with Gasteiger partial charge in [0.1, 0.15) is 28.6 Å². The molecule has 4 rings (SSSR count). The molecule has 2 heterocycles. The van der Waals surface area contributed by atoms with Crippen LogP contribution in [0.15, 0.2) is 48.8 Å². The number of H-pyrrole nitrogens is 2. The Morgan fingerprint density at radius 2 is 2.00 bits per heavy atom. The van der Waals surface area contributed by atoms with E-state index in [4.69, 9.17) is 0 Å². The second kappa shape index (κ2) is 7.08. The van der Waals surface area contributed by atoms with Crippen LogP contribution in [-0.2, 0) is 0 Å². The van der Waals surface area contributed by atoms with Gasteiger partial charge in [0.25, 0.3) is 5.91 Å². The van der Waals surface area contributed by atoms with Gasteiger partial charge in [0.15, 0.2) is 5.82 Å². The average Bonchev–Trinajstić information content (AvgIpc) is 3.31. The van der Waals surface area contributed by atoms with Crippen molar-refractivity contribution in [3.63, 3.8) is 0 Å². The standard InChI is InChI=1S/C20H16F3N5O/c1-20(23)7-5-11(6-8-20)14-9-24-18(26-14)17-15(10-25-28-17)27-19(29)16-12(21)3-2-4-13(16)22/h2-7,9-10H,8H2,1H3,(H,24,26)(H,25,28)(H,27,29). The smallest absolute Gasteiger partial charge is 0.261 e. The summed E-state index contributed by atoms with van der Waals surface area (Å²) in [7, 11) is 0. The highest BCUT2D eigenvalue weighted by molar-refractivity contribution is 6.06. The van der Waals surface area contributed by atoms with Crippen LogP contribution in [0.1, 0.15) is 29.4 Å². The molecule has 1 unspecified atom stereocenters. The van der Waals surface area contributed by atoms with E-state index >= 15 is 0 Å². The Hall–Kier alpha value is -3.62. The van der Waals surface area contributed by atoms with Crippen LogP contribution >= 0.6 is 0 Å². The zero-order chi connectivity index (χ0) is 20.6. The molecule has 3 aromatic rings. The number of nitrogens with zero attached hydrogens (tertiary/aromatic N) is 2. The molecule has 0 spiro atoms. The van der Waals surface area contributed by atoms with Crippen LogP contribution in [0.3, 0.4) is 0 Å². The maximum Gasteiger partial charge on any atom is 0.261 e. The molecule has 0 saturated carbocycles. The van der Waals surface area contributed by atoms with E-state index in [0.717, 1.165) is 17.7 Å². The van der Waals surface area contributed by atoms with Gasteiger partial charge in [-0.3, -0.25) is 9.89 Å². The summed E-state index contributed by atoms with van der Waals surface area (Å²) < 4.78 is 41.6. The predicted octanol–water partition coefficient (Wildman–Crippen LogP) is 4.40. The summed E-state index contributed by atoms with van der Waals surface area (Å²) in [5, 5.41) is 9.00. The number of imidazole rings is 1. The molecule has 3 N–H and O–H groups in total. The van der Waals surface area contributed by atoms with Crippen molar-refractivity contribution in [2.24, 2.45) is 0 Å². The van der Waals surface area contributed by atoms with Crippen molar-refractivity contribution in [3.05, 3.63) is 71.7 Å². The molecular weight excluding hydrogens is 383 g/mol. The fraction of sp³-hybridized carbons (Fsp3) is 0.150. The molecule has 29 heavy (non-hydrogen) atoms. The Bertz CT molecular complexity index is 1120. The van der Waals surface area contributed by atoms with E-state index < -0.39 is 28.8 Å². The molecule has 148 valence electrons. The third-order valence-electron chi connectivity index (χ3n) is 4.53. The second-order valence-corrected chi connectivity index (χ2v) is 6.83. The van der Waals surface area contributed by atoms with Crippen molar-refractivity contribution < 1.29 is 18.0 Å². The Morgan fingerprint density at radius 1 is 1.24 bits per heavy atom. The summed E-state index contributed by atoms with van der Waals surface area (Å²) in [5.74, 6) is -2.53. The number of anilines is 1. The Balaban J connectivity index is 1.58. The highest BCUT2D eigenvalue weighted by Gasteiger charge is 2.23. The molecule has 1 atom stereocenters. The number of hydrogen-bond acceptors (Lipinski definition) is 3. The number of aromatic amines is 2. The normalized spacial score (nSPS) is 18.6. The fourth-order valence-corrected chi connectivity index (χ4v) is 2.96. The average molecular weight is 399 g/mol. The van der Waals surface area contributed by atoms with Crippen molar-refractivity contribution in [3.8, 4) is 11.5 Å². The van der Waals surface area contributed by atoms with Crippen LogP contribution in [0.4, 0.5) is 18.9 Å². The minimum atomic E-state index is -1.38. The SMILES string of the molecule is CC1(F)C=CC(c2cnc(-c3[nH]ncc3NC(=O)c3c(F)cccc3F)[nH]2)=CC1.